The molecule has 1 aliphatic heterocycles. The van der Waals surface area contributed by atoms with Crippen LogP contribution in [0.1, 0.15) is 18.3 Å². The summed E-state index contributed by atoms with van der Waals surface area (Å²) in [7, 11) is 2.04. The number of nitrogens with zero attached hydrogens (tertiary/aromatic N) is 4. The molecular formula is C13H25N5. The first-order valence-corrected chi connectivity index (χ1v) is 6.89. The molecule has 1 aromatic heterocycles. The van der Waals surface area contributed by atoms with Gasteiger partial charge in [-0.15, -0.1) is 0 Å². The van der Waals surface area contributed by atoms with Crippen LogP contribution in [0.2, 0.25) is 0 Å². The molecule has 0 saturated carbocycles. The third-order valence-electron chi connectivity index (χ3n) is 3.69. The van der Waals surface area contributed by atoms with Gasteiger partial charge >= 0.3 is 0 Å². The summed E-state index contributed by atoms with van der Waals surface area (Å²) in [5, 5.41) is 4.50. The molecule has 0 aromatic carbocycles. The first-order valence-electron chi connectivity index (χ1n) is 6.89. The second-order valence-corrected chi connectivity index (χ2v) is 5.01. The Labute approximate surface area is 110 Å². The fourth-order valence-electron chi connectivity index (χ4n) is 2.47. The summed E-state index contributed by atoms with van der Waals surface area (Å²) in [4.78, 5) is 4.95. The summed E-state index contributed by atoms with van der Waals surface area (Å²) in [6, 6.07) is 2.23. The highest BCUT2D eigenvalue weighted by molar-refractivity contribution is 5.10. The van der Waals surface area contributed by atoms with E-state index in [0.29, 0.717) is 0 Å². The van der Waals surface area contributed by atoms with Crippen molar-refractivity contribution in [3.63, 3.8) is 0 Å². The Bertz CT molecular complexity index is 365. The standard InChI is InChI=1S/C13H25N5/c1-3-12-10-13(16(2)15-12)11-18-8-6-17(5-4-14)7-9-18/h10H,3-9,11,14H2,1-2H3. The molecule has 102 valence electrons. The van der Waals surface area contributed by atoms with Gasteiger partial charge in [-0.2, -0.15) is 5.10 Å². The molecule has 2 N–H and O–H groups in total. The van der Waals surface area contributed by atoms with Crippen LogP contribution in [-0.2, 0) is 20.0 Å². The molecule has 1 saturated heterocycles. The Morgan fingerprint density at radius 3 is 2.44 bits per heavy atom. The highest BCUT2D eigenvalue weighted by Gasteiger charge is 2.17. The molecule has 1 aliphatic rings. The Morgan fingerprint density at radius 1 is 1.22 bits per heavy atom. The van der Waals surface area contributed by atoms with Crippen molar-refractivity contribution >= 4 is 0 Å². The zero-order valence-corrected chi connectivity index (χ0v) is 11.6. The fourth-order valence-corrected chi connectivity index (χ4v) is 2.47. The third kappa shape index (κ3) is 3.31. The molecule has 0 unspecified atom stereocenters. The summed E-state index contributed by atoms with van der Waals surface area (Å²) in [5.74, 6) is 0. The quantitative estimate of drug-likeness (QED) is 0.804. The van der Waals surface area contributed by atoms with E-state index in [9.17, 15) is 0 Å². The summed E-state index contributed by atoms with van der Waals surface area (Å²) >= 11 is 0. The van der Waals surface area contributed by atoms with Crippen LogP contribution >= 0.6 is 0 Å². The van der Waals surface area contributed by atoms with E-state index in [1.54, 1.807) is 0 Å². The van der Waals surface area contributed by atoms with Crippen LogP contribution in [0.25, 0.3) is 0 Å². The maximum atomic E-state index is 5.59. The van der Waals surface area contributed by atoms with Crippen molar-refractivity contribution in [2.24, 2.45) is 12.8 Å². The van der Waals surface area contributed by atoms with Gasteiger partial charge in [-0.3, -0.25) is 14.5 Å². The smallest absolute Gasteiger partial charge is 0.0625 e. The van der Waals surface area contributed by atoms with E-state index in [-0.39, 0.29) is 0 Å². The largest absolute Gasteiger partial charge is 0.329 e. The monoisotopic (exact) mass is 251 g/mol. The molecule has 0 amide bonds. The van der Waals surface area contributed by atoms with E-state index in [1.165, 1.54) is 11.4 Å². The van der Waals surface area contributed by atoms with Gasteiger partial charge in [0, 0.05) is 52.9 Å². The Morgan fingerprint density at radius 2 is 1.89 bits per heavy atom. The van der Waals surface area contributed by atoms with Gasteiger partial charge in [0.05, 0.1) is 11.4 Å². The van der Waals surface area contributed by atoms with Gasteiger partial charge in [-0.05, 0) is 12.5 Å². The van der Waals surface area contributed by atoms with Gasteiger partial charge in [-0.1, -0.05) is 6.92 Å². The molecule has 0 bridgehead atoms. The summed E-state index contributed by atoms with van der Waals surface area (Å²) in [6.07, 6.45) is 1.01. The average molecular weight is 251 g/mol. The molecule has 2 rings (SSSR count). The van der Waals surface area contributed by atoms with Crippen LogP contribution in [-0.4, -0.2) is 58.8 Å². The minimum Gasteiger partial charge on any atom is -0.329 e. The number of piperazine rings is 1. The van der Waals surface area contributed by atoms with Crippen LogP contribution in [0.15, 0.2) is 6.07 Å². The predicted octanol–water partition coefficient (Wildman–Crippen LogP) is 0.0588. The lowest BCUT2D eigenvalue weighted by Gasteiger charge is -2.34. The zero-order valence-electron chi connectivity index (χ0n) is 11.6. The van der Waals surface area contributed by atoms with Gasteiger partial charge in [0.2, 0.25) is 0 Å². The topological polar surface area (TPSA) is 50.3 Å². The molecule has 1 aromatic rings. The minimum absolute atomic E-state index is 0.765. The molecule has 5 heteroatoms. The van der Waals surface area contributed by atoms with E-state index < -0.39 is 0 Å². The number of hydrogen-bond acceptors (Lipinski definition) is 4. The van der Waals surface area contributed by atoms with Crippen LogP contribution in [0, 0.1) is 0 Å². The molecule has 5 nitrogen and oxygen atoms in total. The van der Waals surface area contributed by atoms with Crippen LogP contribution in [0.4, 0.5) is 0 Å². The molecule has 0 radical (unpaired) electrons. The van der Waals surface area contributed by atoms with Crippen molar-refractivity contribution in [1.29, 1.82) is 0 Å². The van der Waals surface area contributed by atoms with Gasteiger partial charge in [0.25, 0.3) is 0 Å². The van der Waals surface area contributed by atoms with Crippen molar-refractivity contribution in [3.8, 4) is 0 Å². The Hall–Kier alpha value is -0.910. The van der Waals surface area contributed by atoms with Crippen molar-refractivity contribution in [2.75, 3.05) is 39.3 Å². The normalized spacial score (nSPS) is 18.4. The van der Waals surface area contributed by atoms with Gasteiger partial charge in [0.15, 0.2) is 0 Å². The number of hydrogen-bond donors (Lipinski definition) is 1. The molecule has 1 fully saturated rings. The van der Waals surface area contributed by atoms with E-state index >= 15 is 0 Å². The van der Waals surface area contributed by atoms with Crippen LogP contribution in [0.3, 0.4) is 0 Å². The minimum atomic E-state index is 0.765. The van der Waals surface area contributed by atoms with Gasteiger partial charge < -0.3 is 5.73 Å². The Kier molecular flexibility index (Phi) is 4.74. The Balaban J connectivity index is 1.85. The van der Waals surface area contributed by atoms with Crippen molar-refractivity contribution in [3.05, 3.63) is 17.5 Å². The van der Waals surface area contributed by atoms with E-state index in [0.717, 1.165) is 52.2 Å². The van der Waals surface area contributed by atoms with Crippen molar-refractivity contribution < 1.29 is 0 Å². The van der Waals surface area contributed by atoms with Gasteiger partial charge in [0.1, 0.15) is 0 Å². The molecule has 0 aliphatic carbocycles. The predicted molar refractivity (Wildman–Crippen MR) is 73.4 cm³/mol. The third-order valence-corrected chi connectivity index (χ3v) is 3.69. The maximum Gasteiger partial charge on any atom is 0.0625 e. The number of aromatic nitrogens is 2. The second kappa shape index (κ2) is 6.31. The maximum absolute atomic E-state index is 5.59. The first-order chi connectivity index (χ1) is 8.72. The zero-order chi connectivity index (χ0) is 13.0. The summed E-state index contributed by atoms with van der Waals surface area (Å²) in [6.45, 7) is 9.49. The van der Waals surface area contributed by atoms with Crippen LogP contribution in [0.5, 0.6) is 0 Å². The van der Waals surface area contributed by atoms with Gasteiger partial charge in [-0.25, -0.2) is 0 Å². The first kappa shape index (κ1) is 13.5. The van der Waals surface area contributed by atoms with E-state index in [1.807, 2.05) is 11.7 Å². The fraction of sp³-hybridized carbons (Fsp3) is 0.769. The lowest BCUT2D eigenvalue weighted by atomic mass is 10.2. The van der Waals surface area contributed by atoms with E-state index in [4.69, 9.17) is 5.73 Å². The molecule has 0 atom stereocenters. The lowest BCUT2D eigenvalue weighted by molar-refractivity contribution is 0.127. The summed E-state index contributed by atoms with van der Waals surface area (Å²) < 4.78 is 2.02. The number of nitrogens with two attached hydrogens (primary N) is 1. The number of rotatable bonds is 5. The summed E-state index contributed by atoms with van der Waals surface area (Å²) in [5.41, 5.74) is 8.10. The molecule has 18 heavy (non-hydrogen) atoms. The highest BCUT2D eigenvalue weighted by atomic mass is 15.3. The number of aryl methyl sites for hydroxylation is 2. The highest BCUT2D eigenvalue weighted by Crippen LogP contribution is 2.10. The average Bonchev–Trinajstić information content (AvgIpc) is 2.73. The molecule has 0 spiro atoms. The van der Waals surface area contributed by atoms with Crippen LogP contribution < -0.4 is 5.73 Å². The lowest BCUT2D eigenvalue weighted by Crippen LogP contribution is -2.47. The second-order valence-electron chi connectivity index (χ2n) is 5.01. The molecule has 2 heterocycles. The van der Waals surface area contributed by atoms with Crippen molar-refractivity contribution in [2.45, 2.75) is 19.9 Å². The SMILES string of the molecule is CCc1cc(CN2CCN(CCN)CC2)n(C)n1. The van der Waals surface area contributed by atoms with Crippen molar-refractivity contribution in [1.82, 2.24) is 19.6 Å². The van der Waals surface area contributed by atoms with E-state index in [2.05, 4.69) is 27.9 Å². The molecular weight excluding hydrogens is 226 g/mol.